The van der Waals surface area contributed by atoms with Gasteiger partial charge in [0.25, 0.3) is 0 Å². The normalized spacial score (nSPS) is 18.1. The molecule has 0 N–H and O–H groups in total. The Bertz CT molecular complexity index is 823. The minimum atomic E-state index is 0.0523. The summed E-state index contributed by atoms with van der Waals surface area (Å²) < 4.78 is 11.1. The smallest absolute Gasteiger partial charge is 0.233 e. The van der Waals surface area contributed by atoms with Gasteiger partial charge in [-0.25, -0.2) is 0 Å². The summed E-state index contributed by atoms with van der Waals surface area (Å²) in [5.41, 5.74) is 3.55. The lowest BCUT2D eigenvalue weighted by atomic mass is 9.94. The van der Waals surface area contributed by atoms with Crippen molar-refractivity contribution in [3.05, 3.63) is 64.7 Å². The summed E-state index contributed by atoms with van der Waals surface area (Å²) in [6.45, 7) is 5.23. The van der Waals surface area contributed by atoms with Crippen LogP contribution in [0.4, 0.5) is 0 Å². The average molecular weight is 310 g/mol. The lowest BCUT2D eigenvalue weighted by molar-refractivity contribution is 0.123. The van der Waals surface area contributed by atoms with Gasteiger partial charge in [-0.05, 0) is 24.5 Å². The van der Waals surface area contributed by atoms with Crippen molar-refractivity contribution in [3.8, 4) is 0 Å². The predicted molar refractivity (Wildman–Crippen MR) is 82.4 cm³/mol. The van der Waals surface area contributed by atoms with E-state index in [1.807, 2.05) is 19.9 Å². The first-order valence-corrected chi connectivity index (χ1v) is 7.72. The van der Waals surface area contributed by atoms with Gasteiger partial charge in [-0.3, -0.25) is 4.90 Å². The van der Waals surface area contributed by atoms with Gasteiger partial charge in [0.15, 0.2) is 5.76 Å². The molecule has 118 valence electrons. The van der Waals surface area contributed by atoms with Crippen LogP contribution in [0.3, 0.4) is 0 Å². The zero-order valence-corrected chi connectivity index (χ0v) is 13.2. The molecule has 1 aromatic carbocycles. The highest BCUT2D eigenvalue weighted by atomic mass is 16.5. The quantitative estimate of drug-likeness (QED) is 0.741. The van der Waals surface area contributed by atoms with Crippen molar-refractivity contribution >= 4 is 0 Å². The Labute approximate surface area is 134 Å². The molecule has 0 bridgehead atoms. The molecule has 6 nitrogen and oxygen atoms in total. The van der Waals surface area contributed by atoms with E-state index in [0.717, 1.165) is 24.4 Å². The first kappa shape index (κ1) is 14.1. The summed E-state index contributed by atoms with van der Waals surface area (Å²) in [6.07, 6.45) is 0.852. The standard InChI is InChI=1S/C17H18N4O2/c1-11-7-15(23-20-11)10-21-9-14-6-4-3-5-13(14)8-16(21)17-19-18-12(2)22-17/h3-7,16H,8-10H2,1-2H3/t16-/m0/s1. The third-order valence-electron chi connectivity index (χ3n) is 4.21. The van der Waals surface area contributed by atoms with E-state index in [4.69, 9.17) is 8.94 Å². The Morgan fingerprint density at radius 3 is 2.70 bits per heavy atom. The van der Waals surface area contributed by atoms with E-state index in [9.17, 15) is 0 Å². The molecule has 1 aliphatic heterocycles. The fraction of sp³-hybridized carbons (Fsp3) is 0.353. The molecule has 23 heavy (non-hydrogen) atoms. The molecule has 6 heteroatoms. The number of hydrogen-bond acceptors (Lipinski definition) is 6. The Morgan fingerprint density at radius 1 is 1.17 bits per heavy atom. The Morgan fingerprint density at radius 2 is 2.00 bits per heavy atom. The largest absolute Gasteiger partial charge is 0.424 e. The molecule has 2 aromatic heterocycles. The SMILES string of the molecule is Cc1cc(CN2Cc3ccccc3C[C@H]2c2nnc(C)o2)on1. The summed E-state index contributed by atoms with van der Waals surface area (Å²) in [4.78, 5) is 2.30. The van der Waals surface area contributed by atoms with Crippen LogP contribution < -0.4 is 0 Å². The molecule has 1 aliphatic rings. The Kier molecular flexibility index (Phi) is 3.46. The molecule has 0 unspecified atom stereocenters. The molecule has 0 radical (unpaired) electrons. The minimum absolute atomic E-state index is 0.0523. The molecule has 3 heterocycles. The van der Waals surface area contributed by atoms with Crippen molar-refractivity contribution in [1.82, 2.24) is 20.3 Å². The summed E-state index contributed by atoms with van der Waals surface area (Å²) in [5.74, 6) is 2.10. The zero-order valence-electron chi connectivity index (χ0n) is 13.2. The zero-order chi connectivity index (χ0) is 15.8. The second-order valence-electron chi connectivity index (χ2n) is 5.99. The van der Waals surface area contributed by atoms with Gasteiger partial charge in [-0.2, -0.15) is 0 Å². The van der Waals surface area contributed by atoms with Crippen molar-refractivity contribution in [3.63, 3.8) is 0 Å². The summed E-state index contributed by atoms with van der Waals surface area (Å²) in [6, 6.07) is 10.5. The van der Waals surface area contributed by atoms with Crippen LogP contribution in [0.1, 0.15) is 40.4 Å². The van der Waals surface area contributed by atoms with Gasteiger partial charge < -0.3 is 8.94 Å². The number of aryl methyl sites for hydroxylation is 2. The van der Waals surface area contributed by atoms with Crippen molar-refractivity contribution in [2.75, 3.05) is 0 Å². The van der Waals surface area contributed by atoms with Crippen molar-refractivity contribution in [2.24, 2.45) is 0 Å². The molecule has 4 rings (SSSR count). The molecule has 0 saturated heterocycles. The average Bonchev–Trinajstić information content (AvgIpc) is 3.15. The van der Waals surface area contributed by atoms with E-state index in [1.165, 1.54) is 11.1 Å². The molecular formula is C17H18N4O2. The number of rotatable bonds is 3. The maximum atomic E-state index is 5.70. The molecule has 3 aromatic rings. The van der Waals surface area contributed by atoms with Gasteiger partial charge in [0.05, 0.1) is 18.3 Å². The maximum Gasteiger partial charge on any atom is 0.233 e. The van der Waals surface area contributed by atoms with E-state index in [2.05, 4.69) is 44.5 Å². The van der Waals surface area contributed by atoms with Crippen molar-refractivity contribution < 1.29 is 8.94 Å². The van der Waals surface area contributed by atoms with Gasteiger partial charge in [0.1, 0.15) is 0 Å². The lowest BCUT2D eigenvalue weighted by Gasteiger charge is -2.34. The Balaban J connectivity index is 1.68. The van der Waals surface area contributed by atoms with Crippen LogP contribution >= 0.6 is 0 Å². The summed E-state index contributed by atoms with van der Waals surface area (Å²) >= 11 is 0. The second kappa shape index (κ2) is 5.62. The van der Waals surface area contributed by atoms with Crippen LogP contribution in [0.15, 0.2) is 39.3 Å². The monoisotopic (exact) mass is 310 g/mol. The van der Waals surface area contributed by atoms with E-state index in [0.29, 0.717) is 18.3 Å². The third kappa shape index (κ3) is 2.77. The van der Waals surface area contributed by atoms with E-state index < -0.39 is 0 Å². The molecule has 0 fully saturated rings. The fourth-order valence-corrected chi connectivity index (χ4v) is 3.12. The van der Waals surface area contributed by atoms with Gasteiger partial charge in [-0.1, -0.05) is 29.4 Å². The van der Waals surface area contributed by atoms with Crippen LogP contribution in [-0.2, 0) is 19.5 Å². The van der Waals surface area contributed by atoms with E-state index >= 15 is 0 Å². The van der Waals surface area contributed by atoms with Gasteiger partial charge in [0, 0.05) is 19.5 Å². The maximum absolute atomic E-state index is 5.70. The molecular weight excluding hydrogens is 292 g/mol. The molecule has 1 atom stereocenters. The topological polar surface area (TPSA) is 68.2 Å². The summed E-state index contributed by atoms with van der Waals surface area (Å²) in [5, 5.41) is 12.2. The van der Waals surface area contributed by atoms with Crippen LogP contribution in [0, 0.1) is 13.8 Å². The van der Waals surface area contributed by atoms with Gasteiger partial charge >= 0.3 is 0 Å². The molecule has 0 saturated carbocycles. The molecule has 0 spiro atoms. The van der Waals surface area contributed by atoms with Crippen LogP contribution in [-0.4, -0.2) is 20.3 Å². The minimum Gasteiger partial charge on any atom is -0.424 e. The van der Waals surface area contributed by atoms with Crippen molar-refractivity contribution in [1.29, 1.82) is 0 Å². The number of aromatic nitrogens is 3. The predicted octanol–water partition coefficient (Wildman–Crippen LogP) is 2.97. The van der Waals surface area contributed by atoms with Crippen LogP contribution in [0.25, 0.3) is 0 Å². The molecule has 0 amide bonds. The Hall–Kier alpha value is -2.47. The van der Waals surface area contributed by atoms with Gasteiger partial charge in [-0.15, -0.1) is 10.2 Å². The van der Waals surface area contributed by atoms with Crippen LogP contribution in [0.5, 0.6) is 0 Å². The fourth-order valence-electron chi connectivity index (χ4n) is 3.12. The van der Waals surface area contributed by atoms with Gasteiger partial charge in [0.2, 0.25) is 11.8 Å². The second-order valence-corrected chi connectivity index (χ2v) is 5.99. The van der Waals surface area contributed by atoms with Crippen LogP contribution in [0.2, 0.25) is 0 Å². The number of nitrogens with zero attached hydrogens (tertiary/aromatic N) is 4. The summed E-state index contributed by atoms with van der Waals surface area (Å²) in [7, 11) is 0. The first-order valence-electron chi connectivity index (χ1n) is 7.72. The number of fused-ring (bicyclic) bond motifs is 1. The third-order valence-corrected chi connectivity index (χ3v) is 4.21. The highest BCUT2D eigenvalue weighted by Crippen LogP contribution is 2.33. The van der Waals surface area contributed by atoms with E-state index in [1.54, 1.807) is 0 Å². The number of hydrogen-bond donors (Lipinski definition) is 0. The molecule has 0 aliphatic carbocycles. The lowest BCUT2D eigenvalue weighted by Crippen LogP contribution is -2.34. The van der Waals surface area contributed by atoms with E-state index in [-0.39, 0.29) is 6.04 Å². The van der Waals surface area contributed by atoms with Crippen molar-refractivity contribution in [2.45, 2.75) is 39.4 Å². The first-order chi connectivity index (χ1) is 11.2. The highest BCUT2D eigenvalue weighted by Gasteiger charge is 2.31. The highest BCUT2D eigenvalue weighted by molar-refractivity contribution is 5.31. The number of benzene rings is 1.